The van der Waals surface area contributed by atoms with Crippen molar-refractivity contribution >= 4 is 56.7 Å². The molecule has 0 radical (unpaired) electrons. The van der Waals surface area contributed by atoms with Gasteiger partial charge in [0, 0.05) is 42.4 Å². The van der Waals surface area contributed by atoms with Gasteiger partial charge < -0.3 is 4.90 Å². The van der Waals surface area contributed by atoms with Crippen LogP contribution in [0, 0.1) is 10.1 Å². The molecule has 0 bridgehead atoms. The average molecular weight is 556 g/mol. The summed E-state index contributed by atoms with van der Waals surface area (Å²) < 4.78 is 28.8. The molecule has 1 fully saturated rings. The zero-order valence-electron chi connectivity index (χ0n) is 19.9. The standard InChI is InChI=1S/C23H27Cl2N5O5S/c1-3-28(4-2)23(31)21-7-5-6-12-29(21)36(34,35)22-14-18(30(32)33)10-11-20(22)27-26-15-16-8-9-17(24)13-19(16)25/h8-11,13-15,21,27H,3-7,12H2,1-2H3/b26-15-/t21-/m1/s1. The lowest BCUT2D eigenvalue weighted by Crippen LogP contribution is -2.52. The number of likely N-dealkylation sites (N-methyl/N-ethyl adjacent to an activating group) is 1. The molecule has 36 heavy (non-hydrogen) atoms. The maximum atomic E-state index is 13.8. The predicted octanol–water partition coefficient (Wildman–Crippen LogP) is 4.76. The highest BCUT2D eigenvalue weighted by atomic mass is 35.5. The molecule has 3 rings (SSSR count). The monoisotopic (exact) mass is 555 g/mol. The van der Waals surface area contributed by atoms with Crippen LogP contribution in [-0.2, 0) is 14.8 Å². The molecule has 2 aromatic carbocycles. The first-order valence-electron chi connectivity index (χ1n) is 11.4. The Morgan fingerprint density at radius 2 is 1.94 bits per heavy atom. The maximum absolute atomic E-state index is 13.8. The molecule has 1 saturated heterocycles. The summed E-state index contributed by atoms with van der Waals surface area (Å²) in [4.78, 5) is 25.2. The Kier molecular flexibility index (Phi) is 9.29. The molecule has 13 heteroatoms. The number of amides is 1. The summed E-state index contributed by atoms with van der Waals surface area (Å²) in [6.07, 6.45) is 3.03. The fraction of sp³-hybridized carbons (Fsp3) is 0.391. The van der Waals surface area contributed by atoms with E-state index in [4.69, 9.17) is 23.2 Å². The summed E-state index contributed by atoms with van der Waals surface area (Å²) in [6, 6.07) is 7.36. The summed E-state index contributed by atoms with van der Waals surface area (Å²) in [7, 11) is -4.30. The van der Waals surface area contributed by atoms with Crippen molar-refractivity contribution in [3.05, 3.63) is 62.1 Å². The molecule has 10 nitrogen and oxygen atoms in total. The van der Waals surface area contributed by atoms with Gasteiger partial charge in [0.05, 0.1) is 21.8 Å². The lowest BCUT2D eigenvalue weighted by Gasteiger charge is -2.36. The van der Waals surface area contributed by atoms with Gasteiger partial charge in [-0.25, -0.2) is 8.42 Å². The molecule has 1 aliphatic rings. The molecule has 0 unspecified atom stereocenters. The molecule has 0 saturated carbocycles. The highest BCUT2D eigenvalue weighted by Gasteiger charge is 2.40. The van der Waals surface area contributed by atoms with Crippen LogP contribution in [0.1, 0.15) is 38.7 Å². The van der Waals surface area contributed by atoms with Gasteiger partial charge in [-0.2, -0.15) is 9.41 Å². The summed E-state index contributed by atoms with van der Waals surface area (Å²) in [5.41, 5.74) is 2.82. The molecule has 2 aromatic rings. The number of hydrazone groups is 1. The van der Waals surface area contributed by atoms with Crippen LogP contribution >= 0.6 is 23.2 Å². The van der Waals surface area contributed by atoms with E-state index in [-0.39, 0.29) is 23.0 Å². The third-order valence-electron chi connectivity index (χ3n) is 5.93. The van der Waals surface area contributed by atoms with Gasteiger partial charge in [0.15, 0.2) is 0 Å². The Hall–Kier alpha value is -2.73. The van der Waals surface area contributed by atoms with Crippen molar-refractivity contribution in [3.8, 4) is 0 Å². The molecule has 0 spiro atoms. The van der Waals surface area contributed by atoms with Crippen molar-refractivity contribution in [1.82, 2.24) is 9.21 Å². The number of nitro groups is 1. The molecule has 1 atom stereocenters. The quantitative estimate of drug-likeness (QED) is 0.270. The van der Waals surface area contributed by atoms with E-state index in [0.717, 1.165) is 10.4 Å². The molecule has 1 heterocycles. The fourth-order valence-corrected chi connectivity index (χ4v) is 6.29. The van der Waals surface area contributed by atoms with Crippen molar-refractivity contribution in [3.63, 3.8) is 0 Å². The normalized spacial score (nSPS) is 16.7. The molecular weight excluding hydrogens is 529 g/mol. The second-order valence-corrected chi connectivity index (χ2v) is 10.8. The zero-order valence-corrected chi connectivity index (χ0v) is 22.2. The number of sulfonamides is 1. The van der Waals surface area contributed by atoms with Crippen LogP contribution in [0.25, 0.3) is 0 Å². The van der Waals surface area contributed by atoms with E-state index in [9.17, 15) is 23.3 Å². The smallest absolute Gasteiger partial charge is 0.270 e. The van der Waals surface area contributed by atoms with Crippen molar-refractivity contribution < 1.29 is 18.1 Å². The highest BCUT2D eigenvalue weighted by Crippen LogP contribution is 2.33. The van der Waals surface area contributed by atoms with E-state index < -0.39 is 26.7 Å². The summed E-state index contributed by atoms with van der Waals surface area (Å²) in [6.45, 7) is 4.69. The summed E-state index contributed by atoms with van der Waals surface area (Å²) >= 11 is 12.1. The number of nitro benzene ring substituents is 1. The summed E-state index contributed by atoms with van der Waals surface area (Å²) in [5, 5.41) is 16.3. The largest absolute Gasteiger partial charge is 0.342 e. The minimum atomic E-state index is -4.30. The Bertz CT molecular complexity index is 1270. The molecule has 1 N–H and O–H groups in total. The van der Waals surface area contributed by atoms with Gasteiger partial charge in [-0.15, -0.1) is 0 Å². The Balaban J connectivity index is 2.00. The number of halogens is 2. The van der Waals surface area contributed by atoms with Crippen LogP contribution in [0.5, 0.6) is 0 Å². The topological polar surface area (TPSA) is 125 Å². The van der Waals surface area contributed by atoms with Crippen molar-refractivity contribution in [2.24, 2.45) is 5.10 Å². The van der Waals surface area contributed by atoms with Gasteiger partial charge in [-0.1, -0.05) is 35.7 Å². The van der Waals surface area contributed by atoms with Crippen LogP contribution in [0.4, 0.5) is 11.4 Å². The number of nitrogens with one attached hydrogen (secondary N) is 1. The van der Waals surface area contributed by atoms with E-state index in [0.29, 0.717) is 48.0 Å². The number of rotatable bonds is 9. The first-order chi connectivity index (χ1) is 17.1. The molecular formula is C23H27Cl2N5O5S. The van der Waals surface area contributed by atoms with Gasteiger partial charge in [0.2, 0.25) is 15.9 Å². The molecule has 0 aromatic heterocycles. The Morgan fingerprint density at radius 1 is 1.22 bits per heavy atom. The number of nitrogens with zero attached hydrogens (tertiary/aromatic N) is 4. The second-order valence-electron chi connectivity index (χ2n) is 8.11. The summed E-state index contributed by atoms with van der Waals surface area (Å²) in [5.74, 6) is -0.279. The number of piperidine rings is 1. The highest BCUT2D eigenvalue weighted by molar-refractivity contribution is 7.89. The number of non-ortho nitro benzene ring substituents is 1. The van der Waals surface area contributed by atoms with E-state index in [1.54, 1.807) is 17.0 Å². The average Bonchev–Trinajstić information content (AvgIpc) is 2.86. The number of carbonyl (C=O) groups is 1. The van der Waals surface area contributed by atoms with Crippen molar-refractivity contribution in [1.29, 1.82) is 0 Å². The second kappa shape index (κ2) is 12.0. The van der Waals surface area contributed by atoms with Gasteiger partial charge >= 0.3 is 0 Å². The van der Waals surface area contributed by atoms with Crippen molar-refractivity contribution in [2.45, 2.75) is 44.0 Å². The van der Waals surface area contributed by atoms with E-state index >= 15 is 0 Å². The van der Waals surface area contributed by atoms with Crippen LogP contribution in [0.3, 0.4) is 0 Å². The third kappa shape index (κ3) is 6.15. The van der Waals surface area contributed by atoms with E-state index in [1.165, 1.54) is 24.4 Å². The maximum Gasteiger partial charge on any atom is 0.270 e. The molecule has 194 valence electrons. The van der Waals surface area contributed by atoms with Gasteiger partial charge in [-0.05, 0) is 44.9 Å². The lowest BCUT2D eigenvalue weighted by molar-refractivity contribution is -0.385. The Labute approximate surface area is 220 Å². The fourth-order valence-electron chi connectivity index (χ4n) is 4.02. The predicted molar refractivity (Wildman–Crippen MR) is 140 cm³/mol. The Morgan fingerprint density at radius 3 is 2.58 bits per heavy atom. The van der Waals surface area contributed by atoms with Crippen LogP contribution in [0.15, 0.2) is 46.4 Å². The zero-order chi connectivity index (χ0) is 26.5. The van der Waals surface area contributed by atoms with Gasteiger partial charge in [0.25, 0.3) is 5.69 Å². The van der Waals surface area contributed by atoms with Crippen LogP contribution < -0.4 is 5.43 Å². The van der Waals surface area contributed by atoms with E-state index in [2.05, 4.69) is 10.5 Å². The van der Waals surface area contributed by atoms with Crippen LogP contribution in [-0.4, -0.2) is 60.3 Å². The first kappa shape index (κ1) is 27.9. The minimum Gasteiger partial charge on any atom is -0.342 e. The van der Waals surface area contributed by atoms with E-state index in [1.807, 2.05) is 13.8 Å². The first-order valence-corrected chi connectivity index (χ1v) is 13.6. The number of benzene rings is 2. The lowest BCUT2D eigenvalue weighted by atomic mass is 10.0. The van der Waals surface area contributed by atoms with Crippen molar-refractivity contribution in [2.75, 3.05) is 25.1 Å². The number of hydrogen-bond donors (Lipinski definition) is 1. The van der Waals surface area contributed by atoms with Gasteiger partial charge in [-0.3, -0.25) is 20.3 Å². The minimum absolute atomic E-state index is 0.0292. The SMILES string of the molecule is CCN(CC)C(=O)[C@H]1CCCCN1S(=O)(=O)c1cc([N+](=O)[O-])ccc1N/N=C\c1ccc(Cl)cc1Cl. The van der Waals surface area contributed by atoms with Crippen LogP contribution in [0.2, 0.25) is 10.0 Å². The number of hydrogen-bond acceptors (Lipinski definition) is 7. The number of anilines is 1. The number of carbonyl (C=O) groups excluding carboxylic acids is 1. The third-order valence-corrected chi connectivity index (χ3v) is 8.44. The molecule has 0 aliphatic carbocycles. The van der Waals surface area contributed by atoms with Gasteiger partial charge in [0.1, 0.15) is 10.9 Å². The molecule has 1 amide bonds. The molecule has 1 aliphatic heterocycles.